The average Bonchev–Trinajstić information content (AvgIpc) is 2.86. The summed E-state index contributed by atoms with van der Waals surface area (Å²) in [5.74, 6) is 0.281. The van der Waals surface area contributed by atoms with Crippen LogP contribution in [0.5, 0.6) is 5.75 Å². The second-order valence-corrected chi connectivity index (χ2v) is 10.3. The first kappa shape index (κ1) is 25.2. The van der Waals surface area contributed by atoms with E-state index in [2.05, 4.69) is 0 Å². The second kappa shape index (κ2) is 10.4. The molecule has 4 rings (SSSR count). The first-order chi connectivity index (χ1) is 16.7. The minimum Gasteiger partial charge on any atom is -0.481 e. The number of hydrogen-bond donors (Lipinski definition) is 0. The van der Waals surface area contributed by atoms with Crippen LogP contribution in [0.1, 0.15) is 56.8 Å². The Labute approximate surface area is 207 Å². The lowest BCUT2D eigenvalue weighted by molar-refractivity contribution is -0.143. The van der Waals surface area contributed by atoms with E-state index in [9.17, 15) is 14.0 Å². The fraction of sp³-hybridized carbons (Fsp3) is 0.500. The molecule has 188 valence electrons. The van der Waals surface area contributed by atoms with E-state index < -0.39 is 11.5 Å². The summed E-state index contributed by atoms with van der Waals surface area (Å²) in [4.78, 5) is 30.1. The van der Waals surface area contributed by atoms with Crippen molar-refractivity contribution in [3.05, 3.63) is 65.0 Å². The summed E-state index contributed by atoms with van der Waals surface area (Å²) in [6.07, 6.45) is 0.675. The lowest BCUT2D eigenvalue weighted by Gasteiger charge is -2.41. The maximum atomic E-state index is 13.7. The second-order valence-electron chi connectivity index (χ2n) is 10.3. The number of carbonyl (C=O) groups excluding carboxylic acids is 2. The van der Waals surface area contributed by atoms with E-state index in [1.54, 1.807) is 17.0 Å². The molecule has 0 aromatic heterocycles. The Balaban J connectivity index is 1.67. The molecule has 1 saturated heterocycles. The fourth-order valence-electron chi connectivity index (χ4n) is 4.78. The van der Waals surface area contributed by atoms with Gasteiger partial charge in [0.2, 0.25) is 5.91 Å². The van der Waals surface area contributed by atoms with Crippen molar-refractivity contribution in [3.63, 3.8) is 0 Å². The van der Waals surface area contributed by atoms with Crippen molar-refractivity contribution in [2.24, 2.45) is 5.41 Å². The number of rotatable bonds is 5. The number of hydrogen-bond acceptors (Lipinski definition) is 4. The summed E-state index contributed by atoms with van der Waals surface area (Å²) in [5.41, 5.74) is 2.37. The highest BCUT2D eigenvalue weighted by atomic mass is 19.1. The first-order valence-corrected chi connectivity index (χ1v) is 12.4. The van der Waals surface area contributed by atoms with Gasteiger partial charge in [0.15, 0.2) is 6.10 Å². The van der Waals surface area contributed by atoms with Crippen molar-refractivity contribution >= 4 is 11.8 Å². The number of carbonyl (C=O) groups is 2. The summed E-state index contributed by atoms with van der Waals surface area (Å²) in [6, 6.07) is 11.8. The first-order valence-electron chi connectivity index (χ1n) is 12.4. The smallest absolute Gasteiger partial charge is 0.263 e. The zero-order chi connectivity index (χ0) is 25.2. The molecule has 0 N–H and O–H groups in total. The van der Waals surface area contributed by atoms with E-state index in [1.165, 1.54) is 12.1 Å². The van der Waals surface area contributed by atoms with Crippen molar-refractivity contribution in [3.8, 4) is 5.75 Å². The van der Waals surface area contributed by atoms with Gasteiger partial charge in [-0.15, -0.1) is 0 Å². The van der Waals surface area contributed by atoms with E-state index in [0.717, 1.165) is 23.1 Å². The summed E-state index contributed by atoms with van der Waals surface area (Å²) in [7, 11) is 0. The van der Waals surface area contributed by atoms with Gasteiger partial charge in [0.25, 0.3) is 5.91 Å². The molecule has 2 aromatic carbocycles. The molecular formula is C28H35FN2O4. The quantitative estimate of drug-likeness (QED) is 0.635. The highest BCUT2D eigenvalue weighted by Gasteiger charge is 2.37. The molecule has 7 heteroatoms. The third kappa shape index (κ3) is 5.50. The summed E-state index contributed by atoms with van der Waals surface area (Å²) >= 11 is 0. The Morgan fingerprint density at radius 2 is 1.77 bits per heavy atom. The van der Waals surface area contributed by atoms with Gasteiger partial charge in [-0.05, 0) is 53.8 Å². The Hall–Kier alpha value is -2.93. The van der Waals surface area contributed by atoms with Crippen molar-refractivity contribution < 1.29 is 23.5 Å². The minimum atomic E-state index is -0.591. The molecule has 0 radical (unpaired) electrons. The molecule has 0 saturated carbocycles. The van der Waals surface area contributed by atoms with Gasteiger partial charge in [-0.2, -0.15) is 0 Å². The highest BCUT2D eigenvalue weighted by Crippen LogP contribution is 2.39. The van der Waals surface area contributed by atoms with Crippen molar-refractivity contribution in [1.29, 1.82) is 0 Å². The molecule has 1 fully saturated rings. The van der Waals surface area contributed by atoms with Gasteiger partial charge in [-0.1, -0.05) is 45.9 Å². The van der Waals surface area contributed by atoms with Gasteiger partial charge < -0.3 is 19.3 Å². The Kier molecular flexibility index (Phi) is 7.45. The van der Waals surface area contributed by atoms with Crippen LogP contribution in [0.2, 0.25) is 0 Å². The third-order valence-corrected chi connectivity index (χ3v) is 6.68. The van der Waals surface area contributed by atoms with Crippen molar-refractivity contribution in [1.82, 2.24) is 9.80 Å². The Bertz CT molecular complexity index is 1060. The van der Waals surface area contributed by atoms with E-state index in [4.69, 9.17) is 9.47 Å². The molecule has 2 atom stereocenters. The highest BCUT2D eigenvalue weighted by molar-refractivity contribution is 5.83. The van der Waals surface area contributed by atoms with Crippen LogP contribution in [0.4, 0.5) is 4.39 Å². The van der Waals surface area contributed by atoms with E-state index in [-0.39, 0.29) is 23.7 Å². The third-order valence-electron chi connectivity index (χ3n) is 6.68. The van der Waals surface area contributed by atoms with Crippen LogP contribution in [0, 0.1) is 11.2 Å². The molecule has 6 nitrogen and oxygen atoms in total. The van der Waals surface area contributed by atoms with Gasteiger partial charge in [-0.3, -0.25) is 9.59 Å². The minimum absolute atomic E-state index is 0.0341. The van der Waals surface area contributed by atoms with Gasteiger partial charge in [0.05, 0.1) is 19.3 Å². The molecule has 2 amide bonds. The summed E-state index contributed by atoms with van der Waals surface area (Å²) in [6.45, 7) is 10.5. The molecule has 0 aliphatic carbocycles. The number of benzene rings is 2. The molecule has 2 heterocycles. The van der Waals surface area contributed by atoms with E-state index in [1.807, 2.05) is 50.8 Å². The van der Waals surface area contributed by atoms with Gasteiger partial charge in [-0.25, -0.2) is 4.39 Å². The maximum Gasteiger partial charge on any atom is 0.263 e. The molecule has 0 bridgehead atoms. The van der Waals surface area contributed by atoms with Gasteiger partial charge in [0, 0.05) is 25.0 Å². The van der Waals surface area contributed by atoms with Crippen LogP contribution < -0.4 is 4.74 Å². The Morgan fingerprint density at radius 1 is 1.09 bits per heavy atom. The zero-order valence-corrected chi connectivity index (χ0v) is 21.1. The SMILES string of the molecule is CC[C@@H](Oc1ccc2c(c1)[C@@H](c1ccc(F)cc1)N(C(=O)C(C)(C)C)CC2)C(=O)N1CCOCC1. The topological polar surface area (TPSA) is 59.1 Å². The normalized spacial score (nSPS) is 19.2. The average molecular weight is 483 g/mol. The number of halogens is 1. The fourth-order valence-corrected chi connectivity index (χ4v) is 4.78. The van der Waals surface area contributed by atoms with Crippen molar-refractivity contribution in [2.75, 3.05) is 32.8 Å². The summed E-state index contributed by atoms with van der Waals surface area (Å²) < 4.78 is 25.3. The molecule has 2 aliphatic heterocycles. The monoisotopic (exact) mass is 482 g/mol. The molecule has 0 unspecified atom stereocenters. The van der Waals surface area contributed by atoms with Gasteiger partial charge >= 0.3 is 0 Å². The maximum absolute atomic E-state index is 13.7. The standard InChI is InChI=1S/C28H35FN2O4/c1-5-24(26(32)30-14-16-34-17-15-30)35-22-11-8-19-12-13-31(27(33)28(2,3)4)25(23(19)18-22)20-6-9-21(29)10-7-20/h6-11,18,24-25H,5,12-17H2,1-4H3/t24-,25-/m1/s1. The van der Waals surface area contributed by atoms with Crippen LogP contribution in [0.3, 0.4) is 0 Å². The number of amides is 2. The molecule has 0 spiro atoms. The Morgan fingerprint density at radius 3 is 2.40 bits per heavy atom. The van der Waals surface area contributed by atoms with Crippen LogP contribution in [0.25, 0.3) is 0 Å². The van der Waals surface area contributed by atoms with Crippen LogP contribution in [-0.2, 0) is 20.7 Å². The van der Waals surface area contributed by atoms with Crippen LogP contribution >= 0.6 is 0 Å². The molecular weight excluding hydrogens is 447 g/mol. The number of nitrogens with zero attached hydrogens (tertiary/aromatic N) is 2. The van der Waals surface area contributed by atoms with E-state index >= 15 is 0 Å². The van der Waals surface area contributed by atoms with Crippen LogP contribution in [0.15, 0.2) is 42.5 Å². The number of ether oxygens (including phenoxy) is 2. The summed E-state index contributed by atoms with van der Waals surface area (Å²) in [5, 5.41) is 0. The zero-order valence-electron chi connectivity index (χ0n) is 21.1. The lowest BCUT2D eigenvalue weighted by Crippen LogP contribution is -2.47. The van der Waals surface area contributed by atoms with Crippen molar-refractivity contribution in [2.45, 2.75) is 52.7 Å². The van der Waals surface area contributed by atoms with Gasteiger partial charge in [0.1, 0.15) is 11.6 Å². The van der Waals surface area contributed by atoms with E-state index in [0.29, 0.717) is 45.0 Å². The predicted molar refractivity (Wildman–Crippen MR) is 132 cm³/mol. The number of morpholine rings is 1. The predicted octanol–water partition coefficient (Wildman–Crippen LogP) is 4.36. The lowest BCUT2D eigenvalue weighted by atomic mass is 9.85. The largest absolute Gasteiger partial charge is 0.481 e. The molecule has 2 aromatic rings. The molecule has 2 aliphatic rings. The molecule has 35 heavy (non-hydrogen) atoms. The number of fused-ring (bicyclic) bond motifs is 1. The van der Waals surface area contributed by atoms with Crippen LogP contribution in [-0.4, -0.2) is 60.6 Å².